The number of ether oxygens (including phenoxy) is 1. The van der Waals surface area contributed by atoms with Crippen molar-refractivity contribution < 1.29 is 9.53 Å². The summed E-state index contributed by atoms with van der Waals surface area (Å²) in [6.45, 7) is 6.72. The number of primary amides is 1. The topological polar surface area (TPSA) is 90.1 Å². The molecular weight excluding hydrogens is 292 g/mol. The first-order valence-electron chi connectivity index (χ1n) is 8.23. The fourth-order valence-electron chi connectivity index (χ4n) is 2.92. The van der Waals surface area contributed by atoms with Crippen LogP contribution < -0.4 is 11.1 Å². The second kappa shape index (κ2) is 7.25. The van der Waals surface area contributed by atoms with Gasteiger partial charge in [-0.1, -0.05) is 27.2 Å². The van der Waals surface area contributed by atoms with Gasteiger partial charge >= 0.3 is 0 Å². The number of nitrogens with zero attached hydrogens (tertiary/aromatic N) is 2. The van der Waals surface area contributed by atoms with Crippen LogP contribution in [-0.2, 0) is 21.6 Å². The number of methoxy groups -OCH3 is 1. The number of rotatable bonds is 5. The van der Waals surface area contributed by atoms with Crippen LogP contribution in [0.1, 0.15) is 58.0 Å². The third-order valence-electron chi connectivity index (χ3n) is 4.17. The molecule has 3 N–H and O–H groups in total. The maximum Gasteiger partial charge on any atom is 0.220 e. The molecular formula is C17H28N4O2. The first-order valence-corrected chi connectivity index (χ1v) is 8.23. The molecule has 1 aliphatic carbocycles. The van der Waals surface area contributed by atoms with E-state index >= 15 is 0 Å². The van der Waals surface area contributed by atoms with Crippen molar-refractivity contribution in [3.05, 3.63) is 17.6 Å². The lowest BCUT2D eigenvalue weighted by Crippen LogP contribution is -2.34. The summed E-state index contributed by atoms with van der Waals surface area (Å²) < 4.78 is 5.21. The molecule has 2 atom stereocenters. The Bertz CT molecular complexity index is 554. The van der Waals surface area contributed by atoms with Crippen molar-refractivity contribution >= 4 is 11.7 Å². The average Bonchev–Trinajstić information content (AvgIpc) is 2.46. The molecule has 1 fully saturated rings. The fourth-order valence-corrected chi connectivity index (χ4v) is 2.92. The number of anilines is 1. The van der Waals surface area contributed by atoms with Gasteiger partial charge < -0.3 is 15.8 Å². The van der Waals surface area contributed by atoms with E-state index in [1.54, 1.807) is 7.11 Å². The zero-order valence-corrected chi connectivity index (χ0v) is 14.6. The van der Waals surface area contributed by atoms with Crippen molar-refractivity contribution in [2.75, 3.05) is 12.4 Å². The lowest BCUT2D eigenvalue weighted by molar-refractivity contribution is -0.122. The standard InChI is InChI=1S/C17H28N4O2/c1-17(2,3)16-20-13(10-23-4)9-14(21-16)19-12-7-5-6-11(8-12)15(18)22/h9,11-12H,5-8,10H2,1-4H3,(H2,18,22)(H,19,20,21). The average molecular weight is 320 g/mol. The number of carbonyl (C=O) groups is 1. The highest BCUT2D eigenvalue weighted by molar-refractivity contribution is 5.76. The van der Waals surface area contributed by atoms with E-state index < -0.39 is 0 Å². The molecule has 1 aromatic rings. The SMILES string of the molecule is COCc1cc(NC2CCCC(C(N)=O)C2)nc(C(C)(C)C)n1. The molecule has 6 heteroatoms. The molecule has 2 rings (SSSR count). The highest BCUT2D eigenvalue weighted by Crippen LogP contribution is 2.27. The van der Waals surface area contributed by atoms with Crippen molar-refractivity contribution in [1.82, 2.24) is 9.97 Å². The highest BCUT2D eigenvalue weighted by Gasteiger charge is 2.26. The van der Waals surface area contributed by atoms with Crippen molar-refractivity contribution in [1.29, 1.82) is 0 Å². The first kappa shape index (κ1) is 17.7. The molecule has 128 valence electrons. The Hall–Kier alpha value is -1.69. The second-order valence-electron chi connectivity index (χ2n) is 7.36. The number of nitrogens with one attached hydrogen (secondary N) is 1. The van der Waals surface area contributed by atoms with E-state index in [1.807, 2.05) is 6.07 Å². The third kappa shape index (κ3) is 4.89. The number of hydrogen-bond acceptors (Lipinski definition) is 5. The van der Waals surface area contributed by atoms with Gasteiger partial charge in [0.15, 0.2) is 0 Å². The summed E-state index contributed by atoms with van der Waals surface area (Å²) in [5.74, 6) is 1.35. The Kier molecular flexibility index (Phi) is 5.57. The maximum absolute atomic E-state index is 11.4. The summed E-state index contributed by atoms with van der Waals surface area (Å²) in [6, 6.07) is 2.14. The van der Waals surface area contributed by atoms with Crippen LogP contribution in [0.15, 0.2) is 6.07 Å². The van der Waals surface area contributed by atoms with E-state index in [0.717, 1.165) is 43.0 Å². The van der Waals surface area contributed by atoms with E-state index in [2.05, 4.69) is 36.1 Å². The Morgan fingerprint density at radius 3 is 2.74 bits per heavy atom. The molecule has 1 amide bonds. The Morgan fingerprint density at radius 1 is 1.39 bits per heavy atom. The maximum atomic E-state index is 11.4. The predicted octanol–water partition coefficient (Wildman–Crippen LogP) is 2.38. The van der Waals surface area contributed by atoms with Crippen LogP contribution in [0, 0.1) is 5.92 Å². The van der Waals surface area contributed by atoms with Gasteiger partial charge in [-0.2, -0.15) is 0 Å². The largest absolute Gasteiger partial charge is 0.378 e. The summed E-state index contributed by atoms with van der Waals surface area (Å²) in [5, 5.41) is 3.46. The fraction of sp³-hybridized carbons (Fsp3) is 0.706. The number of carbonyl (C=O) groups excluding carboxylic acids is 1. The van der Waals surface area contributed by atoms with Crippen molar-refractivity contribution in [2.24, 2.45) is 11.7 Å². The zero-order chi connectivity index (χ0) is 17.0. The molecule has 0 aliphatic heterocycles. The van der Waals surface area contributed by atoms with Crippen LogP contribution in [0.5, 0.6) is 0 Å². The van der Waals surface area contributed by atoms with Gasteiger partial charge in [0.2, 0.25) is 5.91 Å². The molecule has 23 heavy (non-hydrogen) atoms. The normalized spacial score (nSPS) is 21.9. The number of aromatic nitrogens is 2. The number of amides is 1. The van der Waals surface area contributed by atoms with Gasteiger partial charge in [0.25, 0.3) is 0 Å². The van der Waals surface area contributed by atoms with Gasteiger partial charge in [-0.25, -0.2) is 9.97 Å². The number of hydrogen-bond donors (Lipinski definition) is 2. The Morgan fingerprint density at radius 2 is 2.13 bits per heavy atom. The van der Waals surface area contributed by atoms with Gasteiger partial charge in [-0.3, -0.25) is 4.79 Å². The van der Waals surface area contributed by atoms with Crippen LogP contribution >= 0.6 is 0 Å². The lowest BCUT2D eigenvalue weighted by Gasteiger charge is -2.29. The molecule has 0 saturated heterocycles. The molecule has 1 aliphatic rings. The molecule has 0 spiro atoms. The Balaban J connectivity index is 2.18. The molecule has 1 heterocycles. The summed E-state index contributed by atoms with van der Waals surface area (Å²) in [7, 11) is 1.66. The summed E-state index contributed by atoms with van der Waals surface area (Å²) in [6.07, 6.45) is 3.69. The van der Waals surface area contributed by atoms with Crippen LogP contribution in [0.3, 0.4) is 0 Å². The quantitative estimate of drug-likeness (QED) is 0.869. The van der Waals surface area contributed by atoms with Gasteiger partial charge in [0.1, 0.15) is 11.6 Å². The van der Waals surface area contributed by atoms with Gasteiger partial charge in [0, 0.05) is 30.6 Å². The monoisotopic (exact) mass is 320 g/mol. The van der Waals surface area contributed by atoms with Crippen molar-refractivity contribution in [3.8, 4) is 0 Å². The predicted molar refractivity (Wildman–Crippen MR) is 90.0 cm³/mol. The van der Waals surface area contributed by atoms with Crippen LogP contribution in [0.2, 0.25) is 0 Å². The van der Waals surface area contributed by atoms with Gasteiger partial charge in [-0.15, -0.1) is 0 Å². The summed E-state index contributed by atoms with van der Waals surface area (Å²) >= 11 is 0. The smallest absolute Gasteiger partial charge is 0.220 e. The van der Waals surface area contributed by atoms with E-state index in [1.165, 1.54) is 0 Å². The lowest BCUT2D eigenvalue weighted by atomic mass is 9.85. The zero-order valence-electron chi connectivity index (χ0n) is 14.6. The minimum Gasteiger partial charge on any atom is -0.378 e. The Labute approximate surface area is 138 Å². The minimum atomic E-state index is -0.199. The summed E-state index contributed by atoms with van der Waals surface area (Å²) in [4.78, 5) is 20.7. The van der Waals surface area contributed by atoms with Gasteiger partial charge in [-0.05, 0) is 19.3 Å². The van der Waals surface area contributed by atoms with Gasteiger partial charge in [0.05, 0.1) is 12.3 Å². The molecule has 2 unspecified atom stereocenters. The molecule has 0 bridgehead atoms. The number of nitrogens with two attached hydrogens (primary N) is 1. The van der Waals surface area contributed by atoms with Crippen molar-refractivity contribution in [2.45, 2.75) is 64.5 Å². The van der Waals surface area contributed by atoms with E-state index in [9.17, 15) is 4.79 Å². The first-order chi connectivity index (χ1) is 10.8. The molecule has 1 aromatic heterocycles. The molecule has 0 radical (unpaired) electrons. The second-order valence-corrected chi connectivity index (χ2v) is 7.36. The van der Waals surface area contributed by atoms with Crippen LogP contribution in [0.4, 0.5) is 5.82 Å². The molecule has 1 saturated carbocycles. The van der Waals surface area contributed by atoms with E-state index in [-0.39, 0.29) is 23.3 Å². The highest BCUT2D eigenvalue weighted by atomic mass is 16.5. The third-order valence-corrected chi connectivity index (χ3v) is 4.17. The molecule has 6 nitrogen and oxygen atoms in total. The minimum absolute atomic E-state index is 0.0383. The molecule has 0 aromatic carbocycles. The van der Waals surface area contributed by atoms with E-state index in [0.29, 0.717) is 6.61 Å². The summed E-state index contributed by atoms with van der Waals surface area (Å²) in [5.41, 5.74) is 6.18. The van der Waals surface area contributed by atoms with Crippen LogP contribution in [0.25, 0.3) is 0 Å². The van der Waals surface area contributed by atoms with Crippen LogP contribution in [-0.4, -0.2) is 29.0 Å². The van der Waals surface area contributed by atoms with Crippen molar-refractivity contribution in [3.63, 3.8) is 0 Å². The van der Waals surface area contributed by atoms with E-state index in [4.69, 9.17) is 10.5 Å².